The standard InChI is InChI=1S/C16H18N4O4S/c21-16(14-3-5-17-6-4-14)19-12-13-1-2-15(18-11-13)25(22,23)20-7-9-24-10-8-20/h1-6,11H,7-10,12H2,(H,19,21). The Morgan fingerprint density at radius 3 is 2.52 bits per heavy atom. The first kappa shape index (κ1) is 17.5. The Kier molecular flexibility index (Phi) is 5.37. The first-order valence-corrected chi connectivity index (χ1v) is 9.22. The van der Waals surface area contributed by atoms with Crippen molar-refractivity contribution in [3.05, 3.63) is 54.0 Å². The maximum atomic E-state index is 12.5. The lowest BCUT2D eigenvalue weighted by Crippen LogP contribution is -2.40. The van der Waals surface area contributed by atoms with Gasteiger partial charge in [0, 0.05) is 43.8 Å². The molecule has 9 heteroatoms. The van der Waals surface area contributed by atoms with Crippen molar-refractivity contribution in [2.45, 2.75) is 11.6 Å². The summed E-state index contributed by atoms with van der Waals surface area (Å²) in [4.78, 5) is 19.9. The molecule has 3 heterocycles. The number of carbonyl (C=O) groups is 1. The molecule has 1 aliphatic rings. The Morgan fingerprint density at radius 1 is 1.16 bits per heavy atom. The van der Waals surface area contributed by atoms with Gasteiger partial charge in [-0.1, -0.05) is 6.07 Å². The molecule has 1 N–H and O–H groups in total. The number of sulfonamides is 1. The molecular formula is C16H18N4O4S. The smallest absolute Gasteiger partial charge is 0.260 e. The molecule has 3 rings (SSSR count). The summed E-state index contributed by atoms with van der Waals surface area (Å²) in [7, 11) is -3.61. The van der Waals surface area contributed by atoms with Crippen LogP contribution in [0.3, 0.4) is 0 Å². The normalized spacial score (nSPS) is 15.7. The summed E-state index contributed by atoms with van der Waals surface area (Å²) in [5.41, 5.74) is 1.22. The van der Waals surface area contributed by atoms with E-state index in [1.807, 2.05) is 0 Å². The molecule has 0 unspecified atom stereocenters. The van der Waals surface area contributed by atoms with Crippen LogP contribution < -0.4 is 5.32 Å². The van der Waals surface area contributed by atoms with Crippen molar-refractivity contribution in [3.8, 4) is 0 Å². The van der Waals surface area contributed by atoms with Gasteiger partial charge in [0.2, 0.25) is 0 Å². The number of carbonyl (C=O) groups excluding carboxylic acids is 1. The zero-order valence-electron chi connectivity index (χ0n) is 13.5. The third-order valence-electron chi connectivity index (χ3n) is 3.77. The topological polar surface area (TPSA) is 101 Å². The second kappa shape index (κ2) is 7.68. The van der Waals surface area contributed by atoms with Crippen LogP contribution in [0.1, 0.15) is 15.9 Å². The summed E-state index contributed by atoms with van der Waals surface area (Å²) in [5.74, 6) is -0.229. The molecule has 0 aliphatic carbocycles. The summed E-state index contributed by atoms with van der Waals surface area (Å²) in [6.45, 7) is 1.68. The highest BCUT2D eigenvalue weighted by Gasteiger charge is 2.27. The van der Waals surface area contributed by atoms with E-state index in [4.69, 9.17) is 4.74 Å². The molecule has 0 aromatic carbocycles. The second-order valence-corrected chi connectivity index (χ2v) is 7.32. The Morgan fingerprint density at radius 2 is 1.88 bits per heavy atom. The van der Waals surface area contributed by atoms with E-state index in [0.29, 0.717) is 37.4 Å². The van der Waals surface area contributed by atoms with Crippen LogP contribution in [0.2, 0.25) is 0 Å². The highest BCUT2D eigenvalue weighted by atomic mass is 32.2. The lowest BCUT2D eigenvalue weighted by atomic mass is 10.2. The van der Waals surface area contributed by atoms with Gasteiger partial charge >= 0.3 is 0 Å². The van der Waals surface area contributed by atoms with Crippen LogP contribution in [0.4, 0.5) is 0 Å². The molecule has 2 aromatic rings. The molecule has 1 saturated heterocycles. The van der Waals surface area contributed by atoms with Crippen LogP contribution in [0.5, 0.6) is 0 Å². The van der Waals surface area contributed by atoms with Crippen molar-refractivity contribution >= 4 is 15.9 Å². The number of nitrogens with one attached hydrogen (secondary N) is 1. The van der Waals surface area contributed by atoms with E-state index >= 15 is 0 Å². The van der Waals surface area contributed by atoms with Gasteiger partial charge in [-0.05, 0) is 23.8 Å². The lowest BCUT2D eigenvalue weighted by Gasteiger charge is -2.25. The van der Waals surface area contributed by atoms with Crippen molar-refractivity contribution in [1.29, 1.82) is 0 Å². The number of rotatable bonds is 5. The molecule has 25 heavy (non-hydrogen) atoms. The average molecular weight is 362 g/mol. The molecular weight excluding hydrogens is 344 g/mol. The fourth-order valence-electron chi connectivity index (χ4n) is 2.38. The third-order valence-corrected chi connectivity index (χ3v) is 5.58. The lowest BCUT2D eigenvalue weighted by molar-refractivity contribution is 0.0729. The summed E-state index contributed by atoms with van der Waals surface area (Å²) in [5, 5.41) is 2.75. The minimum Gasteiger partial charge on any atom is -0.379 e. The van der Waals surface area contributed by atoms with Gasteiger partial charge in [0.25, 0.3) is 15.9 Å². The number of nitrogens with zero attached hydrogens (tertiary/aromatic N) is 3. The molecule has 2 aromatic heterocycles. The SMILES string of the molecule is O=C(NCc1ccc(S(=O)(=O)N2CCOCC2)nc1)c1ccncc1. The Hall–Kier alpha value is -2.36. The fourth-order valence-corrected chi connectivity index (χ4v) is 3.70. The van der Waals surface area contributed by atoms with E-state index in [9.17, 15) is 13.2 Å². The van der Waals surface area contributed by atoms with Crippen molar-refractivity contribution in [1.82, 2.24) is 19.6 Å². The van der Waals surface area contributed by atoms with Gasteiger partial charge in [0.15, 0.2) is 5.03 Å². The van der Waals surface area contributed by atoms with Crippen LogP contribution in [-0.2, 0) is 21.3 Å². The van der Waals surface area contributed by atoms with Crippen LogP contribution in [-0.4, -0.2) is 54.9 Å². The largest absolute Gasteiger partial charge is 0.379 e. The summed E-state index contributed by atoms with van der Waals surface area (Å²) < 4.78 is 31.5. The van der Waals surface area contributed by atoms with Crippen LogP contribution in [0.15, 0.2) is 47.9 Å². The van der Waals surface area contributed by atoms with Gasteiger partial charge in [-0.3, -0.25) is 9.78 Å². The number of hydrogen-bond acceptors (Lipinski definition) is 6. The van der Waals surface area contributed by atoms with Gasteiger partial charge in [-0.15, -0.1) is 0 Å². The van der Waals surface area contributed by atoms with Gasteiger partial charge in [-0.25, -0.2) is 13.4 Å². The fraction of sp³-hybridized carbons (Fsp3) is 0.312. The van der Waals surface area contributed by atoms with E-state index in [1.54, 1.807) is 30.6 Å². The van der Waals surface area contributed by atoms with Gasteiger partial charge in [0.1, 0.15) is 0 Å². The molecule has 0 spiro atoms. The molecule has 0 radical (unpaired) electrons. The van der Waals surface area contributed by atoms with Gasteiger partial charge < -0.3 is 10.1 Å². The highest BCUT2D eigenvalue weighted by molar-refractivity contribution is 7.89. The first-order valence-electron chi connectivity index (χ1n) is 7.78. The summed E-state index contributed by atoms with van der Waals surface area (Å²) in [6.07, 6.45) is 4.55. The number of amides is 1. The van der Waals surface area contributed by atoms with Crippen LogP contribution in [0, 0.1) is 0 Å². The minimum atomic E-state index is -3.61. The van der Waals surface area contributed by atoms with Crippen molar-refractivity contribution < 1.29 is 17.9 Å². The van der Waals surface area contributed by atoms with E-state index in [0.717, 1.165) is 0 Å². The Labute approximate surface area is 145 Å². The van der Waals surface area contributed by atoms with Crippen LogP contribution >= 0.6 is 0 Å². The highest BCUT2D eigenvalue weighted by Crippen LogP contribution is 2.15. The number of pyridine rings is 2. The van der Waals surface area contributed by atoms with Crippen LogP contribution in [0.25, 0.3) is 0 Å². The Balaban J connectivity index is 1.63. The maximum Gasteiger partial charge on any atom is 0.260 e. The van der Waals surface area contributed by atoms with Gasteiger partial charge in [-0.2, -0.15) is 4.31 Å². The zero-order chi connectivity index (χ0) is 17.7. The molecule has 1 fully saturated rings. The second-order valence-electron chi connectivity index (χ2n) is 5.44. The molecule has 0 bridgehead atoms. The van der Waals surface area contributed by atoms with E-state index in [-0.39, 0.29) is 17.5 Å². The van der Waals surface area contributed by atoms with E-state index < -0.39 is 10.0 Å². The van der Waals surface area contributed by atoms with Gasteiger partial charge in [0.05, 0.1) is 13.2 Å². The number of aromatic nitrogens is 2. The molecule has 0 atom stereocenters. The Bertz CT molecular complexity index is 819. The van der Waals surface area contributed by atoms with Crippen molar-refractivity contribution in [2.24, 2.45) is 0 Å². The minimum absolute atomic E-state index is 0.00129. The predicted molar refractivity (Wildman–Crippen MR) is 89.2 cm³/mol. The third kappa shape index (κ3) is 4.19. The maximum absolute atomic E-state index is 12.5. The number of ether oxygens (including phenoxy) is 1. The predicted octanol–water partition coefficient (Wildman–Crippen LogP) is 0.428. The van der Waals surface area contributed by atoms with Crippen molar-refractivity contribution in [2.75, 3.05) is 26.3 Å². The first-order chi connectivity index (χ1) is 12.1. The molecule has 0 saturated carbocycles. The van der Waals surface area contributed by atoms with E-state index in [2.05, 4.69) is 15.3 Å². The van der Waals surface area contributed by atoms with E-state index in [1.165, 1.54) is 16.6 Å². The number of hydrogen-bond donors (Lipinski definition) is 1. The summed E-state index contributed by atoms with van der Waals surface area (Å²) in [6, 6.07) is 6.34. The molecule has 132 valence electrons. The average Bonchev–Trinajstić information content (AvgIpc) is 2.68. The monoisotopic (exact) mass is 362 g/mol. The molecule has 1 aliphatic heterocycles. The molecule has 1 amide bonds. The quantitative estimate of drug-likeness (QED) is 0.828. The summed E-state index contributed by atoms with van der Waals surface area (Å²) >= 11 is 0. The zero-order valence-corrected chi connectivity index (χ0v) is 14.3. The molecule has 8 nitrogen and oxygen atoms in total. The number of morpholine rings is 1. The van der Waals surface area contributed by atoms with Crippen molar-refractivity contribution in [3.63, 3.8) is 0 Å².